The van der Waals surface area contributed by atoms with E-state index in [1.807, 2.05) is 6.92 Å². The van der Waals surface area contributed by atoms with Crippen molar-refractivity contribution >= 4 is 11.9 Å². The summed E-state index contributed by atoms with van der Waals surface area (Å²) in [5.41, 5.74) is 0.331. The molecule has 0 bridgehead atoms. The van der Waals surface area contributed by atoms with Crippen molar-refractivity contribution in [3.63, 3.8) is 0 Å². The Balaban J connectivity index is 0.000000394. The van der Waals surface area contributed by atoms with E-state index in [0.717, 1.165) is 25.7 Å². The number of aromatic carboxylic acids is 1. The van der Waals surface area contributed by atoms with Gasteiger partial charge >= 0.3 is 11.9 Å². The summed E-state index contributed by atoms with van der Waals surface area (Å²) in [6.45, 7) is 7.48. The molecule has 0 aliphatic carbocycles. The third kappa shape index (κ3) is 8.63. The van der Waals surface area contributed by atoms with E-state index in [-0.39, 0.29) is 11.9 Å². The fraction of sp³-hybridized carbons (Fsp3) is 0.412. The van der Waals surface area contributed by atoms with Crippen molar-refractivity contribution in [3.8, 4) is 0 Å². The molecule has 1 N–H and O–H groups in total. The van der Waals surface area contributed by atoms with Gasteiger partial charge in [-0.15, -0.1) is 0 Å². The van der Waals surface area contributed by atoms with Crippen molar-refractivity contribution < 1.29 is 19.4 Å². The van der Waals surface area contributed by atoms with Crippen molar-refractivity contribution in [1.29, 1.82) is 0 Å². The van der Waals surface area contributed by atoms with Crippen LogP contribution in [0.15, 0.2) is 43.2 Å². The molecule has 0 aliphatic heterocycles. The van der Waals surface area contributed by atoms with Crippen LogP contribution in [0.1, 0.15) is 49.9 Å². The fourth-order valence-electron chi connectivity index (χ4n) is 1.70. The minimum absolute atomic E-state index is 0.0583. The van der Waals surface area contributed by atoms with Crippen LogP contribution in [0.4, 0.5) is 0 Å². The van der Waals surface area contributed by atoms with Gasteiger partial charge in [-0.25, -0.2) is 4.79 Å². The number of unbranched alkanes of at least 4 members (excludes halogenated alkanes) is 1. The molecule has 1 atom stereocenters. The first-order valence-electron chi connectivity index (χ1n) is 7.16. The minimum Gasteiger partial charge on any atom is -0.478 e. The summed E-state index contributed by atoms with van der Waals surface area (Å²) in [7, 11) is 0. The first-order chi connectivity index (χ1) is 10.1. The molecule has 4 heteroatoms. The number of ether oxygens (including phenoxy) is 1. The second-order valence-electron chi connectivity index (χ2n) is 4.52. The number of carbonyl (C=O) groups is 2. The Hall–Kier alpha value is -2.10. The van der Waals surface area contributed by atoms with E-state index in [9.17, 15) is 9.59 Å². The predicted molar refractivity (Wildman–Crippen MR) is 83.0 cm³/mol. The van der Waals surface area contributed by atoms with Crippen molar-refractivity contribution in [2.75, 3.05) is 0 Å². The van der Waals surface area contributed by atoms with Crippen LogP contribution >= 0.6 is 0 Å². The molecule has 0 saturated heterocycles. The lowest BCUT2D eigenvalue weighted by molar-refractivity contribution is -0.143. The van der Waals surface area contributed by atoms with Gasteiger partial charge in [0.1, 0.15) is 0 Å². The molecule has 1 unspecified atom stereocenters. The lowest BCUT2D eigenvalue weighted by Crippen LogP contribution is -2.14. The van der Waals surface area contributed by atoms with Crippen LogP contribution in [0, 0.1) is 5.92 Å². The molecule has 4 nitrogen and oxygen atoms in total. The molecule has 0 heterocycles. The number of hydrogen-bond donors (Lipinski definition) is 1. The maximum atomic E-state index is 11.2. The Morgan fingerprint density at radius 1 is 1.29 bits per heavy atom. The summed E-state index contributed by atoms with van der Waals surface area (Å²) in [6.07, 6.45) is 5.20. The van der Waals surface area contributed by atoms with Crippen LogP contribution in [0.25, 0.3) is 0 Å². The topological polar surface area (TPSA) is 63.6 Å². The van der Waals surface area contributed by atoms with Gasteiger partial charge < -0.3 is 9.84 Å². The second kappa shape index (κ2) is 11.7. The Bertz CT molecular complexity index is 426. The van der Waals surface area contributed by atoms with E-state index in [2.05, 4.69) is 13.5 Å². The molecule has 0 amide bonds. The molecule has 116 valence electrons. The predicted octanol–water partition coefficient (Wildman–Crippen LogP) is 4.27. The Morgan fingerprint density at radius 3 is 2.29 bits per heavy atom. The highest BCUT2D eigenvalue weighted by molar-refractivity contribution is 5.87. The maximum absolute atomic E-state index is 11.2. The number of carbonyl (C=O) groups excluding carboxylic acids is 1. The molecule has 0 saturated carbocycles. The lowest BCUT2D eigenvalue weighted by atomic mass is 10.00. The summed E-state index contributed by atoms with van der Waals surface area (Å²) >= 11 is 0. The largest absolute Gasteiger partial charge is 0.478 e. The standard InChI is InChI=1S/C10H18O2.C7H6O2/c1-4-7-8-9(5-2)10(11)12-6-3;8-7(9)6-4-2-1-3-5-6/h6,9H,3-5,7-8H2,1-2H3;1-5H,(H,8,9). The zero-order valence-electron chi connectivity index (χ0n) is 12.7. The Labute approximate surface area is 126 Å². The molecule has 1 aromatic carbocycles. The van der Waals surface area contributed by atoms with Crippen molar-refractivity contribution in [3.05, 3.63) is 48.7 Å². The van der Waals surface area contributed by atoms with Gasteiger partial charge in [-0.3, -0.25) is 4.79 Å². The number of carboxylic acids is 1. The number of benzene rings is 1. The second-order valence-corrected chi connectivity index (χ2v) is 4.52. The van der Waals surface area contributed by atoms with Gasteiger partial charge in [-0.1, -0.05) is 51.5 Å². The molecule has 0 radical (unpaired) electrons. The molecule has 0 aromatic heterocycles. The normalized spacial score (nSPS) is 10.8. The quantitative estimate of drug-likeness (QED) is 0.602. The van der Waals surface area contributed by atoms with Crippen molar-refractivity contribution in [2.45, 2.75) is 39.5 Å². The van der Waals surface area contributed by atoms with E-state index in [1.54, 1.807) is 30.3 Å². The highest BCUT2D eigenvalue weighted by atomic mass is 16.5. The zero-order chi connectivity index (χ0) is 16.1. The Kier molecular flexibility index (Phi) is 10.5. The molecule has 0 fully saturated rings. The average Bonchev–Trinajstić information content (AvgIpc) is 2.50. The third-order valence-electron chi connectivity index (χ3n) is 2.95. The van der Waals surface area contributed by atoms with Crippen LogP contribution in [0.5, 0.6) is 0 Å². The smallest absolute Gasteiger partial charge is 0.335 e. The average molecular weight is 292 g/mol. The van der Waals surface area contributed by atoms with Crippen LogP contribution in [0.3, 0.4) is 0 Å². The van der Waals surface area contributed by atoms with Crippen LogP contribution in [0.2, 0.25) is 0 Å². The van der Waals surface area contributed by atoms with Gasteiger partial charge in [-0.05, 0) is 25.0 Å². The van der Waals surface area contributed by atoms with Crippen molar-refractivity contribution in [2.24, 2.45) is 5.92 Å². The summed E-state index contributed by atoms with van der Waals surface area (Å²) in [4.78, 5) is 21.4. The van der Waals surface area contributed by atoms with Gasteiger partial charge in [0.2, 0.25) is 0 Å². The minimum atomic E-state index is -0.879. The van der Waals surface area contributed by atoms with Gasteiger partial charge in [0.05, 0.1) is 17.7 Å². The SMILES string of the molecule is C=COC(=O)C(CC)CCCC.O=C(O)c1ccccc1. The highest BCUT2D eigenvalue weighted by Gasteiger charge is 2.15. The molecular weight excluding hydrogens is 268 g/mol. The van der Waals surface area contributed by atoms with E-state index in [1.165, 1.54) is 6.26 Å². The molecule has 0 aliphatic rings. The van der Waals surface area contributed by atoms with Crippen LogP contribution in [-0.4, -0.2) is 17.0 Å². The lowest BCUT2D eigenvalue weighted by Gasteiger charge is -2.10. The van der Waals surface area contributed by atoms with Crippen LogP contribution in [-0.2, 0) is 9.53 Å². The number of rotatable bonds is 7. The summed E-state index contributed by atoms with van der Waals surface area (Å²) in [6, 6.07) is 8.30. The molecule has 1 aromatic rings. The number of hydrogen-bond acceptors (Lipinski definition) is 3. The highest BCUT2D eigenvalue weighted by Crippen LogP contribution is 2.14. The van der Waals surface area contributed by atoms with Gasteiger partial charge in [-0.2, -0.15) is 0 Å². The molecular formula is C17H24O4. The van der Waals surface area contributed by atoms with Gasteiger partial charge in [0.15, 0.2) is 0 Å². The third-order valence-corrected chi connectivity index (χ3v) is 2.95. The summed E-state index contributed by atoms with van der Waals surface area (Å²) in [5, 5.41) is 8.38. The summed E-state index contributed by atoms with van der Waals surface area (Å²) < 4.78 is 4.72. The Morgan fingerprint density at radius 2 is 1.90 bits per heavy atom. The first kappa shape index (κ1) is 18.9. The van der Waals surface area contributed by atoms with Crippen molar-refractivity contribution in [1.82, 2.24) is 0 Å². The number of esters is 1. The van der Waals surface area contributed by atoms with Gasteiger partial charge in [0, 0.05) is 0 Å². The number of carboxylic acid groups (broad SMARTS) is 1. The fourth-order valence-corrected chi connectivity index (χ4v) is 1.70. The molecule has 1 rings (SSSR count). The zero-order valence-corrected chi connectivity index (χ0v) is 12.7. The molecule has 21 heavy (non-hydrogen) atoms. The van der Waals surface area contributed by atoms with E-state index >= 15 is 0 Å². The van der Waals surface area contributed by atoms with E-state index in [4.69, 9.17) is 9.84 Å². The molecule has 0 spiro atoms. The maximum Gasteiger partial charge on any atom is 0.335 e. The van der Waals surface area contributed by atoms with Crippen LogP contribution < -0.4 is 0 Å². The van der Waals surface area contributed by atoms with Gasteiger partial charge in [0.25, 0.3) is 0 Å². The van der Waals surface area contributed by atoms with E-state index in [0.29, 0.717) is 5.56 Å². The van der Waals surface area contributed by atoms with E-state index < -0.39 is 5.97 Å². The first-order valence-corrected chi connectivity index (χ1v) is 7.16. The summed E-state index contributed by atoms with van der Waals surface area (Å²) in [5.74, 6) is -0.959. The monoisotopic (exact) mass is 292 g/mol.